The number of primary amides is 1. The summed E-state index contributed by atoms with van der Waals surface area (Å²) < 4.78 is 5.03. The Morgan fingerprint density at radius 3 is 2.00 bits per heavy atom. The predicted molar refractivity (Wildman–Crippen MR) is 86.4 cm³/mol. The van der Waals surface area contributed by atoms with Gasteiger partial charge in [-0.15, -0.1) is 0 Å². The van der Waals surface area contributed by atoms with E-state index < -0.39 is 23.0 Å². The smallest absolute Gasteiger partial charge is 0.305 e. The Bertz CT molecular complexity index is 549. The number of hydrogen-bond donors (Lipinski definition) is 1. The van der Waals surface area contributed by atoms with Gasteiger partial charge in [0.15, 0.2) is 11.1 Å². The number of ether oxygens (including phenoxy) is 1. The average molecular weight is 335 g/mol. The SMILES string of the molecule is CCCCOC(=O)CCC(C)(C#N)N=NC(C)(C#N)CCC(N)=O. The zero-order valence-corrected chi connectivity index (χ0v) is 14.5. The Morgan fingerprint density at radius 1 is 1.08 bits per heavy atom. The molecule has 0 saturated carbocycles. The summed E-state index contributed by atoms with van der Waals surface area (Å²) in [6, 6.07) is 3.95. The maximum Gasteiger partial charge on any atom is 0.305 e. The molecule has 0 heterocycles. The van der Waals surface area contributed by atoms with Crippen LogP contribution in [0.3, 0.4) is 0 Å². The molecule has 0 fully saturated rings. The van der Waals surface area contributed by atoms with Gasteiger partial charge in [-0.3, -0.25) is 9.59 Å². The highest BCUT2D eigenvalue weighted by Gasteiger charge is 2.29. The highest BCUT2D eigenvalue weighted by Crippen LogP contribution is 2.23. The van der Waals surface area contributed by atoms with Gasteiger partial charge in [0, 0.05) is 12.8 Å². The lowest BCUT2D eigenvalue weighted by Crippen LogP contribution is -2.26. The molecule has 2 unspecified atom stereocenters. The van der Waals surface area contributed by atoms with E-state index in [-0.39, 0.29) is 25.7 Å². The summed E-state index contributed by atoms with van der Waals surface area (Å²) in [6.07, 6.45) is 2.00. The largest absolute Gasteiger partial charge is 0.466 e. The van der Waals surface area contributed by atoms with Gasteiger partial charge in [-0.25, -0.2) is 0 Å². The van der Waals surface area contributed by atoms with Crippen molar-refractivity contribution in [3.05, 3.63) is 0 Å². The molecule has 8 nitrogen and oxygen atoms in total. The lowest BCUT2D eigenvalue weighted by atomic mass is 9.97. The number of unbranched alkanes of at least 4 members (excludes halogenated alkanes) is 1. The Kier molecular flexibility index (Phi) is 9.26. The Morgan fingerprint density at radius 2 is 1.58 bits per heavy atom. The summed E-state index contributed by atoms with van der Waals surface area (Å²) in [6.45, 7) is 5.39. The van der Waals surface area contributed by atoms with Crippen LogP contribution in [0.15, 0.2) is 10.2 Å². The van der Waals surface area contributed by atoms with Crippen molar-refractivity contribution < 1.29 is 14.3 Å². The van der Waals surface area contributed by atoms with Crippen molar-refractivity contribution in [2.24, 2.45) is 16.0 Å². The van der Waals surface area contributed by atoms with E-state index in [1.807, 2.05) is 19.1 Å². The molecule has 2 N–H and O–H groups in total. The zero-order valence-electron chi connectivity index (χ0n) is 14.5. The minimum Gasteiger partial charge on any atom is -0.466 e. The maximum absolute atomic E-state index is 11.6. The van der Waals surface area contributed by atoms with E-state index in [9.17, 15) is 20.1 Å². The molecule has 0 aliphatic carbocycles. The van der Waals surface area contributed by atoms with Crippen LogP contribution in [-0.4, -0.2) is 29.6 Å². The van der Waals surface area contributed by atoms with E-state index in [0.717, 1.165) is 12.8 Å². The van der Waals surface area contributed by atoms with Gasteiger partial charge in [0.1, 0.15) is 0 Å². The molecule has 0 bridgehead atoms. The molecule has 0 aromatic heterocycles. The van der Waals surface area contributed by atoms with Crippen molar-refractivity contribution >= 4 is 11.9 Å². The van der Waals surface area contributed by atoms with Gasteiger partial charge in [-0.05, 0) is 33.1 Å². The number of rotatable bonds is 11. The number of amides is 1. The summed E-state index contributed by atoms with van der Waals surface area (Å²) in [7, 11) is 0. The fourth-order valence-electron chi connectivity index (χ4n) is 1.59. The normalized spacial score (nSPS) is 15.7. The van der Waals surface area contributed by atoms with Crippen LogP contribution in [0.5, 0.6) is 0 Å². The van der Waals surface area contributed by atoms with Crippen LogP contribution in [0.1, 0.15) is 59.3 Å². The van der Waals surface area contributed by atoms with E-state index in [1.165, 1.54) is 13.8 Å². The predicted octanol–water partition coefficient (Wildman–Crippen LogP) is 2.39. The van der Waals surface area contributed by atoms with Gasteiger partial charge in [0.25, 0.3) is 0 Å². The quantitative estimate of drug-likeness (QED) is 0.350. The Labute approximate surface area is 142 Å². The van der Waals surface area contributed by atoms with Gasteiger partial charge >= 0.3 is 5.97 Å². The molecule has 0 saturated heterocycles. The molecule has 24 heavy (non-hydrogen) atoms. The van der Waals surface area contributed by atoms with Gasteiger partial charge in [0.2, 0.25) is 5.91 Å². The number of azo groups is 1. The van der Waals surface area contributed by atoms with Crippen molar-refractivity contribution in [2.45, 2.75) is 70.4 Å². The third kappa shape index (κ3) is 8.84. The number of hydrogen-bond acceptors (Lipinski definition) is 7. The van der Waals surface area contributed by atoms with Crippen LogP contribution in [0.25, 0.3) is 0 Å². The summed E-state index contributed by atoms with van der Waals surface area (Å²) >= 11 is 0. The van der Waals surface area contributed by atoms with E-state index in [4.69, 9.17) is 10.5 Å². The van der Waals surface area contributed by atoms with Gasteiger partial charge in [-0.1, -0.05) is 13.3 Å². The van der Waals surface area contributed by atoms with Crippen molar-refractivity contribution in [3.8, 4) is 12.1 Å². The zero-order chi connectivity index (χ0) is 18.6. The molecule has 0 aliphatic rings. The maximum atomic E-state index is 11.6. The Hall–Kier alpha value is -2.48. The lowest BCUT2D eigenvalue weighted by molar-refractivity contribution is -0.144. The lowest BCUT2D eigenvalue weighted by Gasteiger charge is -2.19. The molecular formula is C16H25N5O3. The topological polar surface area (TPSA) is 142 Å². The van der Waals surface area contributed by atoms with E-state index in [0.29, 0.717) is 6.61 Å². The first kappa shape index (κ1) is 21.5. The van der Waals surface area contributed by atoms with Crippen LogP contribution < -0.4 is 5.73 Å². The number of carbonyl (C=O) groups excluding carboxylic acids is 2. The van der Waals surface area contributed by atoms with Gasteiger partial charge in [0.05, 0.1) is 18.7 Å². The van der Waals surface area contributed by atoms with E-state index in [1.54, 1.807) is 0 Å². The monoisotopic (exact) mass is 335 g/mol. The molecular weight excluding hydrogens is 310 g/mol. The molecule has 0 radical (unpaired) electrons. The van der Waals surface area contributed by atoms with Crippen molar-refractivity contribution in [1.29, 1.82) is 10.5 Å². The first-order chi connectivity index (χ1) is 11.2. The van der Waals surface area contributed by atoms with Gasteiger partial charge in [-0.2, -0.15) is 20.8 Å². The molecule has 2 atom stereocenters. The third-order valence-electron chi connectivity index (χ3n) is 3.41. The van der Waals surface area contributed by atoms with E-state index >= 15 is 0 Å². The van der Waals surface area contributed by atoms with Crippen LogP contribution in [0.2, 0.25) is 0 Å². The number of nitrogens with two attached hydrogens (primary N) is 1. The minimum absolute atomic E-state index is 0.00387. The van der Waals surface area contributed by atoms with Crippen LogP contribution >= 0.6 is 0 Å². The van der Waals surface area contributed by atoms with Crippen LogP contribution in [0.4, 0.5) is 0 Å². The van der Waals surface area contributed by atoms with Crippen molar-refractivity contribution in [3.63, 3.8) is 0 Å². The fraction of sp³-hybridized carbons (Fsp3) is 0.750. The van der Waals surface area contributed by atoms with E-state index in [2.05, 4.69) is 10.2 Å². The fourth-order valence-corrected chi connectivity index (χ4v) is 1.59. The summed E-state index contributed by atoms with van der Waals surface area (Å²) in [4.78, 5) is 22.4. The van der Waals surface area contributed by atoms with Gasteiger partial charge < -0.3 is 10.5 Å². The van der Waals surface area contributed by atoms with Crippen LogP contribution in [-0.2, 0) is 14.3 Å². The molecule has 132 valence electrons. The summed E-state index contributed by atoms with van der Waals surface area (Å²) in [5.74, 6) is -0.929. The summed E-state index contributed by atoms with van der Waals surface area (Å²) in [5.41, 5.74) is 2.59. The summed E-state index contributed by atoms with van der Waals surface area (Å²) in [5, 5.41) is 26.3. The highest BCUT2D eigenvalue weighted by atomic mass is 16.5. The van der Waals surface area contributed by atoms with Crippen molar-refractivity contribution in [1.82, 2.24) is 0 Å². The molecule has 1 amide bonds. The standard InChI is InChI=1S/C16H25N5O3/c1-4-5-10-24-14(23)7-9-16(3,12-18)21-20-15(2,11-17)8-6-13(19)22/h4-10H2,1-3H3,(H2,19,22). The number of nitrogens with zero attached hydrogens (tertiary/aromatic N) is 4. The number of carbonyl (C=O) groups is 2. The number of nitriles is 2. The molecule has 0 aromatic carbocycles. The first-order valence-electron chi connectivity index (χ1n) is 7.91. The molecule has 0 rings (SSSR count). The van der Waals surface area contributed by atoms with Crippen molar-refractivity contribution in [2.75, 3.05) is 6.61 Å². The first-order valence-corrected chi connectivity index (χ1v) is 7.91. The second kappa shape index (κ2) is 10.3. The minimum atomic E-state index is -1.24. The van der Waals surface area contributed by atoms with Crippen LogP contribution in [0, 0.1) is 22.7 Å². The highest BCUT2D eigenvalue weighted by molar-refractivity contribution is 5.73. The molecule has 0 spiro atoms. The second-order valence-corrected chi connectivity index (χ2v) is 6.01. The molecule has 8 heteroatoms. The molecule has 0 aromatic rings. The third-order valence-corrected chi connectivity index (χ3v) is 3.41. The Balaban J connectivity index is 4.74. The molecule has 0 aliphatic heterocycles. The average Bonchev–Trinajstić information content (AvgIpc) is 2.56. The second-order valence-electron chi connectivity index (χ2n) is 6.01. The number of esters is 1.